The van der Waals surface area contributed by atoms with Gasteiger partial charge in [-0.3, -0.25) is 0 Å². The lowest BCUT2D eigenvalue weighted by molar-refractivity contribution is 0.152. The molecule has 1 N–H and O–H groups in total. The second-order valence-corrected chi connectivity index (χ2v) is 4.79. The highest BCUT2D eigenvalue weighted by molar-refractivity contribution is 5.31. The van der Waals surface area contributed by atoms with Crippen molar-refractivity contribution in [3.8, 4) is 11.5 Å². The number of rotatable bonds is 7. The molecule has 0 fully saturated rings. The van der Waals surface area contributed by atoms with E-state index in [1.807, 2.05) is 6.07 Å². The van der Waals surface area contributed by atoms with Gasteiger partial charge in [0.1, 0.15) is 11.5 Å². The van der Waals surface area contributed by atoms with E-state index in [0.717, 1.165) is 5.75 Å². The summed E-state index contributed by atoms with van der Waals surface area (Å²) in [7, 11) is 0. The van der Waals surface area contributed by atoms with Crippen LogP contribution in [0.1, 0.15) is 46.5 Å². The monoisotopic (exact) mass is 236 g/mol. The number of ether oxygens (including phenoxy) is 1. The molecule has 0 heterocycles. The summed E-state index contributed by atoms with van der Waals surface area (Å²) in [6.07, 6.45) is 5.21. The lowest BCUT2D eigenvalue weighted by Gasteiger charge is -2.21. The summed E-state index contributed by atoms with van der Waals surface area (Å²) in [5.41, 5.74) is 0. The highest BCUT2D eigenvalue weighted by Crippen LogP contribution is 2.22. The van der Waals surface area contributed by atoms with Crippen molar-refractivity contribution in [1.82, 2.24) is 0 Å². The first-order valence-electron chi connectivity index (χ1n) is 6.59. The van der Waals surface area contributed by atoms with E-state index in [9.17, 15) is 5.11 Å². The molecule has 0 aromatic heterocycles. The number of aromatic hydroxyl groups is 1. The summed E-state index contributed by atoms with van der Waals surface area (Å²) in [6.45, 7) is 6.54. The van der Waals surface area contributed by atoms with Gasteiger partial charge in [0, 0.05) is 6.07 Å². The van der Waals surface area contributed by atoms with Crippen LogP contribution < -0.4 is 4.74 Å². The fourth-order valence-corrected chi connectivity index (χ4v) is 1.84. The first-order valence-corrected chi connectivity index (χ1v) is 6.59. The molecule has 0 aliphatic heterocycles. The number of benzene rings is 1. The maximum atomic E-state index is 9.36. The number of hydrogen-bond donors (Lipinski definition) is 1. The van der Waals surface area contributed by atoms with E-state index in [4.69, 9.17) is 4.74 Å². The van der Waals surface area contributed by atoms with Gasteiger partial charge in [-0.2, -0.15) is 0 Å². The van der Waals surface area contributed by atoms with Crippen molar-refractivity contribution < 1.29 is 9.84 Å². The van der Waals surface area contributed by atoms with Crippen molar-refractivity contribution in [2.75, 3.05) is 0 Å². The van der Waals surface area contributed by atoms with Gasteiger partial charge in [-0.15, -0.1) is 0 Å². The van der Waals surface area contributed by atoms with Crippen LogP contribution in [0.15, 0.2) is 24.3 Å². The number of unbranched alkanes of at least 4 members (excludes halogenated alkanes) is 2. The first kappa shape index (κ1) is 13.9. The van der Waals surface area contributed by atoms with Gasteiger partial charge in [-0.1, -0.05) is 39.2 Å². The maximum absolute atomic E-state index is 9.36. The lowest BCUT2D eigenvalue weighted by Crippen LogP contribution is -2.21. The lowest BCUT2D eigenvalue weighted by atomic mass is 9.98. The third-order valence-electron chi connectivity index (χ3n) is 3.20. The third-order valence-corrected chi connectivity index (χ3v) is 3.20. The van der Waals surface area contributed by atoms with E-state index in [1.165, 1.54) is 25.7 Å². The predicted molar refractivity (Wildman–Crippen MR) is 71.5 cm³/mol. The van der Waals surface area contributed by atoms with Crippen LogP contribution in [-0.2, 0) is 0 Å². The molecule has 2 atom stereocenters. The van der Waals surface area contributed by atoms with Gasteiger partial charge in [0.05, 0.1) is 6.10 Å². The molecule has 2 unspecified atom stereocenters. The molecular formula is C15H24O2. The molecule has 2 nitrogen and oxygen atoms in total. The fourth-order valence-electron chi connectivity index (χ4n) is 1.84. The zero-order chi connectivity index (χ0) is 12.7. The Morgan fingerprint density at radius 1 is 1.24 bits per heavy atom. The summed E-state index contributed by atoms with van der Waals surface area (Å²) < 4.78 is 5.83. The van der Waals surface area contributed by atoms with Gasteiger partial charge in [0.2, 0.25) is 0 Å². The Kier molecular flexibility index (Phi) is 5.88. The Morgan fingerprint density at radius 3 is 2.65 bits per heavy atom. The molecule has 1 aromatic carbocycles. The quantitative estimate of drug-likeness (QED) is 0.712. The summed E-state index contributed by atoms with van der Waals surface area (Å²) in [5, 5.41) is 9.36. The van der Waals surface area contributed by atoms with Gasteiger partial charge in [-0.05, 0) is 31.4 Å². The molecular weight excluding hydrogens is 212 g/mol. The van der Waals surface area contributed by atoms with Crippen LogP contribution in [0.25, 0.3) is 0 Å². The van der Waals surface area contributed by atoms with Gasteiger partial charge in [-0.25, -0.2) is 0 Å². The van der Waals surface area contributed by atoms with Crippen molar-refractivity contribution in [1.29, 1.82) is 0 Å². The molecule has 0 amide bonds. The number of phenolic OH excluding ortho intramolecular Hbond substituents is 1. The van der Waals surface area contributed by atoms with Crippen LogP contribution in [0.3, 0.4) is 0 Å². The molecule has 1 rings (SSSR count). The topological polar surface area (TPSA) is 29.5 Å². The van der Waals surface area contributed by atoms with Crippen LogP contribution in [-0.4, -0.2) is 11.2 Å². The Balaban J connectivity index is 2.39. The van der Waals surface area contributed by atoms with E-state index < -0.39 is 0 Å². The zero-order valence-corrected chi connectivity index (χ0v) is 11.1. The Labute approximate surface area is 105 Å². The summed E-state index contributed by atoms with van der Waals surface area (Å²) in [4.78, 5) is 0. The molecule has 0 aliphatic rings. The van der Waals surface area contributed by atoms with E-state index in [0.29, 0.717) is 5.92 Å². The van der Waals surface area contributed by atoms with Crippen LogP contribution in [0.4, 0.5) is 0 Å². The molecule has 1 aromatic rings. The second kappa shape index (κ2) is 7.21. The normalized spacial score (nSPS) is 14.3. The number of phenols is 1. The minimum Gasteiger partial charge on any atom is -0.508 e. The van der Waals surface area contributed by atoms with Gasteiger partial charge in [0.25, 0.3) is 0 Å². The fraction of sp³-hybridized carbons (Fsp3) is 0.600. The van der Waals surface area contributed by atoms with E-state index in [1.54, 1.807) is 18.2 Å². The Hall–Kier alpha value is -1.18. The van der Waals surface area contributed by atoms with E-state index in [2.05, 4.69) is 20.8 Å². The smallest absolute Gasteiger partial charge is 0.123 e. The molecule has 2 heteroatoms. The molecule has 96 valence electrons. The molecule has 0 aliphatic carbocycles. The summed E-state index contributed by atoms with van der Waals surface area (Å²) in [5.74, 6) is 1.55. The average molecular weight is 236 g/mol. The zero-order valence-electron chi connectivity index (χ0n) is 11.1. The summed E-state index contributed by atoms with van der Waals surface area (Å²) >= 11 is 0. The molecule has 17 heavy (non-hydrogen) atoms. The average Bonchev–Trinajstić information content (AvgIpc) is 2.29. The minimum atomic E-state index is 0.189. The third kappa shape index (κ3) is 5.12. The molecule has 0 saturated carbocycles. The van der Waals surface area contributed by atoms with Crippen molar-refractivity contribution >= 4 is 0 Å². The first-order chi connectivity index (χ1) is 8.13. The van der Waals surface area contributed by atoms with Crippen molar-refractivity contribution in [2.45, 2.75) is 52.6 Å². The highest BCUT2D eigenvalue weighted by atomic mass is 16.5. The van der Waals surface area contributed by atoms with Gasteiger partial charge in [0.15, 0.2) is 0 Å². The summed E-state index contributed by atoms with van der Waals surface area (Å²) in [6, 6.07) is 7.01. The number of hydrogen-bond acceptors (Lipinski definition) is 2. The largest absolute Gasteiger partial charge is 0.508 e. The SMILES string of the molecule is CCCCCC(C)C(C)Oc1cccc(O)c1. The maximum Gasteiger partial charge on any atom is 0.123 e. The van der Waals surface area contributed by atoms with Crippen LogP contribution in [0.5, 0.6) is 11.5 Å². The molecule has 0 bridgehead atoms. The Bertz CT molecular complexity index is 322. The van der Waals surface area contributed by atoms with Crippen molar-refractivity contribution in [3.63, 3.8) is 0 Å². The van der Waals surface area contributed by atoms with Crippen molar-refractivity contribution in [3.05, 3.63) is 24.3 Å². The van der Waals surface area contributed by atoms with Crippen LogP contribution >= 0.6 is 0 Å². The van der Waals surface area contributed by atoms with Gasteiger partial charge >= 0.3 is 0 Å². The molecule has 0 radical (unpaired) electrons. The van der Waals surface area contributed by atoms with E-state index in [-0.39, 0.29) is 11.9 Å². The highest BCUT2D eigenvalue weighted by Gasteiger charge is 2.13. The molecule has 0 saturated heterocycles. The van der Waals surface area contributed by atoms with Crippen LogP contribution in [0, 0.1) is 5.92 Å². The Morgan fingerprint density at radius 2 is 2.00 bits per heavy atom. The second-order valence-electron chi connectivity index (χ2n) is 4.79. The minimum absolute atomic E-state index is 0.189. The van der Waals surface area contributed by atoms with E-state index >= 15 is 0 Å². The predicted octanol–water partition coefficient (Wildman–Crippen LogP) is 4.38. The van der Waals surface area contributed by atoms with Crippen LogP contribution in [0.2, 0.25) is 0 Å². The standard InChI is InChI=1S/C15H24O2/c1-4-5-6-8-12(2)13(3)17-15-10-7-9-14(16)11-15/h7,9-13,16H,4-6,8H2,1-3H3. The van der Waals surface area contributed by atoms with Gasteiger partial charge < -0.3 is 9.84 Å². The van der Waals surface area contributed by atoms with Crippen molar-refractivity contribution in [2.24, 2.45) is 5.92 Å². The molecule has 0 spiro atoms.